The van der Waals surface area contributed by atoms with Crippen molar-refractivity contribution in [3.05, 3.63) is 17.5 Å². The lowest BCUT2D eigenvalue weighted by molar-refractivity contribution is -0.118. The number of nitrogens with one attached hydrogen (secondary N) is 2. The number of aromatic nitrogens is 3. The summed E-state index contributed by atoms with van der Waals surface area (Å²) in [5.74, 6) is 1.99. The van der Waals surface area contributed by atoms with Gasteiger partial charge >= 0.3 is 0 Å². The number of thioether (sulfide) groups is 1. The van der Waals surface area contributed by atoms with Gasteiger partial charge in [0.05, 0.1) is 5.75 Å². The molecule has 5 nitrogen and oxygen atoms in total. The molecule has 0 aliphatic heterocycles. The van der Waals surface area contributed by atoms with Gasteiger partial charge in [0.2, 0.25) is 11.1 Å². The van der Waals surface area contributed by atoms with Crippen molar-refractivity contribution in [3.63, 3.8) is 0 Å². The fourth-order valence-electron chi connectivity index (χ4n) is 3.38. The summed E-state index contributed by atoms with van der Waals surface area (Å²) in [6.07, 6.45) is 13.3. The van der Waals surface area contributed by atoms with Crippen LogP contribution in [0.25, 0.3) is 0 Å². The molecule has 6 heteroatoms. The zero-order valence-electron chi connectivity index (χ0n) is 13.6. The Morgan fingerprint density at radius 2 is 2.17 bits per heavy atom. The van der Waals surface area contributed by atoms with Gasteiger partial charge in [-0.3, -0.25) is 9.89 Å². The maximum absolute atomic E-state index is 11.9. The number of hydrogen-bond acceptors (Lipinski definition) is 4. The van der Waals surface area contributed by atoms with Gasteiger partial charge in [-0.25, -0.2) is 4.98 Å². The molecule has 0 saturated heterocycles. The van der Waals surface area contributed by atoms with Crippen molar-refractivity contribution in [3.8, 4) is 0 Å². The highest BCUT2D eigenvalue weighted by atomic mass is 32.2. The Morgan fingerprint density at radius 3 is 2.96 bits per heavy atom. The minimum Gasteiger partial charge on any atom is -0.355 e. The average molecular weight is 334 g/mol. The predicted molar refractivity (Wildman–Crippen MR) is 92.5 cm³/mol. The van der Waals surface area contributed by atoms with Gasteiger partial charge in [0.1, 0.15) is 5.82 Å². The third kappa shape index (κ3) is 5.09. The molecule has 2 N–H and O–H groups in total. The molecule has 1 heterocycles. The smallest absolute Gasteiger partial charge is 0.230 e. The standard InChI is InChI=1S/C17H26N4OS/c22-15(18-11-10-13-6-2-1-3-7-13)12-23-17-19-16(20-21-17)14-8-4-5-9-14/h6,14H,1-5,7-12H2,(H,18,22)(H,19,20,21). The van der Waals surface area contributed by atoms with E-state index in [0.717, 1.165) is 18.8 Å². The first kappa shape index (κ1) is 16.6. The summed E-state index contributed by atoms with van der Waals surface area (Å²) in [6.45, 7) is 0.743. The van der Waals surface area contributed by atoms with Crippen LogP contribution < -0.4 is 5.32 Å². The van der Waals surface area contributed by atoms with E-state index in [2.05, 4.69) is 26.6 Å². The molecule has 0 spiro atoms. The van der Waals surface area contributed by atoms with E-state index >= 15 is 0 Å². The molecule has 0 aromatic carbocycles. The van der Waals surface area contributed by atoms with Crippen molar-refractivity contribution in [1.82, 2.24) is 20.5 Å². The second-order valence-electron chi connectivity index (χ2n) is 6.48. The number of carbonyl (C=O) groups is 1. The van der Waals surface area contributed by atoms with Crippen LogP contribution in [0.1, 0.15) is 69.5 Å². The van der Waals surface area contributed by atoms with Crippen LogP contribution in [-0.4, -0.2) is 33.4 Å². The highest BCUT2D eigenvalue weighted by Gasteiger charge is 2.20. The van der Waals surface area contributed by atoms with E-state index in [4.69, 9.17) is 0 Å². The first-order valence-electron chi connectivity index (χ1n) is 8.81. The van der Waals surface area contributed by atoms with Gasteiger partial charge in [-0.15, -0.1) is 5.10 Å². The number of aromatic amines is 1. The van der Waals surface area contributed by atoms with Crippen molar-refractivity contribution in [2.45, 2.75) is 68.9 Å². The average Bonchev–Trinajstić information content (AvgIpc) is 3.25. The zero-order valence-corrected chi connectivity index (χ0v) is 14.5. The molecular formula is C17H26N4OS. The Kier molecular flexibility index (Phi) is 6.13. The summed E-state index contributed by atoms with van der Waals surface area (Å²) in [5, 5.41) is 10.9. The molecule has 126 valence electrons. The fourth-order valence-corrected chi connectivity index (χ4v) is 4.02. The van der Waals surface area contributed by atoms with E-state index in [9.17, 15) is 4.79 Å². The van der Waals surface area contributed by atoms with Crippen LogP contribution in [0.3, 0.4) is 0 Å². The Labute approximate surface area is 142 Å². The summed E-state index contributed by atoms with van der Waals surface area (Å²) in [4.78, 5) is 16.4. The van der Waals surface area contributed by atoms with Crippen LogP contribution in [0, 0.1) is 0 Å². The van der Waals surface area contributed by atoms with E-state index in [1.165, 1.54) is 68.7 Å². The number of amides is 1. The maximum atomic E-state index is 11.9. The van der Waals surface area contributed by atoms with Crippen molar-refractivity contribution in [1.29, 1.82) is 0 Å². The Balaban J connectivity index is 1.34. The molecule has 1 fully saturated rings. The van der Waals surface area contributed by atoms with Gasteiger partial charge < -0.3 is 5.32 Å². The minimum atomic E-state index is 0.0682. The topological polar surface area (TPSA) is 70.7 Å². The van der Waals surface area contributed by atoms with E-state index in [-0.39, 0.29) is 5.91 Å². The first-order valence-corrected chi connectivity index (χ1v) is 9.79. The van der Waals surface area contributed by atoms with Crippen molar-refractivity contribution in [2.75, 3.05) is 12.3 Å². The van der Waals surface area contributed by atoms with Gasteiger partial charge in [0.25, 0.3) is 0 Å². The van der Waals surface area contributed by atoms with Crippen LogP contribution >= 0.6 is 11.8 Å². The van der Waals surface area contributed by atoms with E-state index in [1.807, 2.05) is 0 Å². The van der Waals surface area contributed by atoms with Gasteiger partial charge in [-0.2, -0.15) is 0 Å². The van der Waals surface area contributed by atoms with Gasteiger partial charge in [-0.05, 0) is 44.9 Å². The van der Waals surface area contributed by atoms with Crippen LogP contribution in [0.2, 0.25) is 0 Å². The number of hydrogen-bond donors (Lipinski definition) is 2. The summed E-state index contributed by atoms with van der Waals surface area (Å²) < 4.78 is 0. The molecule has 1 amide bonds. The predicted octanol–water partition coefficient (Wildman–Crippen LogP) is 3.56. The first-order chi connectivity index (χ1) is 11.3. The molecule has 0 radical (unpaired) electrons. The van der Waals surface area contributed by atoms with Crippen LogP contribution in [0.4, 0.5) is 0 Å². The highest BCUT2D eigenvalue weighted by molar-refractivity contribution is 7.99. The Bertz CT molecular complexity index is 549. The summed E-state index contributed by atoms with van der Waals surface area (Å²) in [7, 11) is 0. The van der Waals surface area contributed by atoms with E-state index in [1.54, 1.807) is 0 Å². The van der Waals surface area contributed by atoms with Gasteiger partial charge in [0.15, 0.2) is 0 Å². The number of H-pyrrole nitrogens is 1. The largest absolute Gasteiger partial charge is 0.355 e. The van der Waals surface area contributed by atoms with Crippen LogP contribution in [0.5, 0.6) is 0 Å². The lowest BCUT2D eigenvalue weighted by Crippen LogP contribution is -2.26. The van der Waals surface area contributed by atoms with Gasteiger partial charge in [-0.1, -0.05) is 36.3 Å². The number of rotatable bonds is 7. The number of nitrogens with zero attached hydrogens (tertiary/aromatic N) is 2. The molecule has 1 saturated carbocycles. The number of carbonyl (C=O) groups excluding carboxylic acids is 1. The van der Waals surface area contributed by atoms with Crippen molar-refractivity contribution in [2.24, 2.45) is 0 Å². The SMILES string of the molecule is O=C(CSc1n[nH]c(C2CCCC2)n1)NCCC1=CCCCC1. The van der Waals surface area contributed by atoms with Crippen molar-refractivity contribution < 1.29 is 4.79 Å². The molecular weight excluding hydrogens is 308 g/mol. The number of allylic oxidation sites excluding steroid dienone is 1. The van der Waals surface area contributed by atoms with Crippen molar-refractivity contribution >= 4 is 17.7 Å². The van der Waals surface area contributed by atoms with E-state index in [0.29, 0.717) is 16.8 Å². The monoisotopic (exact) mass is 334 g/mol. The molecule has 23 heavy (non-hydrogen) atoms. The maximum Gasteiger partial charge on any atom is 0.230 e. The van der Waals surface area contributed by atoms with Crippen LogP contribution in [-0.2, 0) is 4.79 Å². The zero-order chi connectivity index (χ0) is 15.9. The molecule has 0 unspecified atom stereocenters. The third-order valence-electron chi connectivity index (χ3n) is 4.71. The summed E-state index contributed by atoms with van der Waals surface area (Å²) >= 11 is 1.41. The lowest BCUT2D eigenvalue weighted by Gasteiger charge is -2.12. The molecule has 2 aliphatic carbocycles. The summed E-state index contributed by atoms with van der Waals surface area (Å²) in [5.41, 5.74) is 1.50. The lowest BCUT2D eigenvalue weighted by atomic mass is 9.97. The molecule has 3 rings (SSSR count). The summed E-state index contributed by atoms with van der Waals surface area (Å²) in [6, 6.07) is 0. The second-order valence-corrected chi connectivity index (χ2v) is 7.42. The molecule has 1 aromatic heterocycles. The third-order valence-corrected chi connectivity index (χ3v) is 5.56. The minimum absolute atomic E-state index is 0.0682. The Morgan fingerprint density at radius 1 is 1.30 bits per heavy atom. The molecule has 1 aromatic rings. The Hall–Kier alpha value is -1.30. The second kappa shape index (κ2) is 8.52. The molecule has 2 aliphatic rings. The molecule has 0 atom stereocenters. The van der Waals surface area contributed by atoms with Crippen LogP contribution in [0.15, 0.2) is 16.8 Å². The molecule has 0 bridgehead atoms. The fraction of sp³-hybridized carbons (Fsp3) is 0.706. The quantitative estimate of drug-likeness (QED) is 0.591. The van der Waals surface area contributed by atoms with Gasteiger partial charge in [0, 0.05) is 12.5 Å². The van der Waals surface area contributed by atoms with E-state index < -0.39 is 0 Å². The highest BCUT2D eigenvalue weighted by Crippen LogP contribution is 2.32. The normalized spacial score (nSPS) is 18.9.